The van der Waals surface area contributed by atoms with Crippen LogP contribution in [-0.4, -0.2) is 46.3 Å². The first-order valence-corrected chi connectivity index (χ1v) is 10.9. The summed E-state index contributed by atoms with van der Waals surface area (Å²) in [6.45, 7) is 9.47. The molecule has 162 valence electrons. The van der Waals surface area contributed by atoms with Crippen molar-refractivity contribution in [1.29, 1.82) is 0 Å². The van der Waals surface area contributed by atoms with E-state index in [1.54, 1.807) is 30.0 Å². The predicted octanol–water partition coefficient (Wildman–Crippen LogP) is 5.14. The molecular formula is C22H27Cl2N3O3. The number of likely N-dealkylation sites (tertiary alicyclic amines) is 1. The van der Waals surface area contributed by atoms with Crippen LogP contribution in [0.25, 0.3) is 0 Å². The second-order valence-corrected chi connectivity index (χ2v) is 9.26. The van der Waals surface area contributed by atoms with Crippen LogP contribution in [0.5, 0.6) is 0 Å². The van der Waals surface area contributed by atoms with Gasteiger partial charge in [-0.25, -0.2) is 4.79 Å². The van der Waals surface area contributed by atoms with Crippen LogP contribution in [0.2, 0.25) is 10.0 Å². The summed E-state index contributed by atoms with van der Waals surface area (Å²) in [6, 6.07) is 6.97. The first-order valence-electron chi connectivity index (χ1n) is 10.1. The summed E-state index contributed by atoms with van der Waals surface area (Å²) in [7, 11) is 0. The minimum atomic E-state index is -0.414. The van der Waals surface area contributed by atoms with Gasteiger partial charge in [0.25, 0.3) is 5.91 Å². The first-order chi connectivity index (χ1) is 14.1. The van der Waals surface area contributed by atoms with Gasteiger partial charge in [-0.2, -0.15) is 5.10 Å². The number of benzene rings is 1. The monoisotopic (exact) mass is 451 g/mol. The highest BCUT2D eigenvalue weighted by molar-refractivity contribution is 6.39. The van der Waals surface area contributed by atoms with Crippen molar-refractivity contribution in [3.05, 3.63) is 51.3 Å². The molecule has 0 saturated carbocycles. The molecular weight excluding hydrogens is 425 g/mol. The number of ether oxygens (including phenoxy) is 1. The van der Waals surface area contributed by atoms with Gasteiger partial charge in [-0.1, -0.05) is 50.0 Å². The first kappa shape index (κ1) is 22.6. The normalized spacial score (nSPS) is 15.3. The smallest absolute Gasteiger partial charge is 0.358 e. The largest absolute Gasteiger partial charge is 0.461 e. The van der Waals surface area contributed by atoms with E-state index in [9.17, 15) is 9.59 Å². The van der Waals surface area contributed by atoms with Crippen molar-refractivity contribution in [2.75, 3.05) is 19.7 Å². The molecule has 1 aliphatic heterocycles. The highest BCUT2D eigenvalue weighted by Gasteiger charge is 2.31. The molecule has 1 saturated heterocycles. The van der Waals surface area contributed by atoms with Gasteiger partial charge in [0.05, 0.1) is 28.3 Å². The number of esters is 1. The maximum absolute atomic E-state index is 12.9. The number of carbonyl (C=O) groups excluding carboxylic acids is 2. The van der Waals surface area contributed by atoms with Crippen LogP contribution in [0.15, 0.2) is 24.3 Å². The third-order valence-electron chi connectivity index (χ3n) is 5.26. The van der Waals surface area contributed by atoms with E-state index in [2.05, 4.69) is 25.9 Å². The summed E-state index contributed by atoms with van der Waals surface area (Å²) >= 11 is 12.4. The lowest BCUT2D eigenvalue weighted by Crippen LogP contribution is -2.40. The summed E-state index contributed by atoms with van der Waals surface area (Å²) < 4.78 is 7.06. The molecule has 1 aromatic carbocycles. The van der Waals surface area contributed by atoms with E-state index >= 15 is 0 Å². The Morgan fingerprint density at radius 2 is 1.77 bits per heavy atom. The highest BCUT2D eigenvalue weighted by Crippen LogP contribution is 2.32. The van der Waals surface area contributed by atoms with Gasteiger partial charge in [0, 0.05) is 24.2 Å². The van der Waals surface area contributed by atoms with Gasteiger partial charge in [0.2, 0.25) is 0 Å². The molecule has 0 N–H and O–H groups in total. The Kier molecular flexibility index (Phi) is 6.78. The van der Waals surface area contributed by atoms with Gasteiger partial charge in [-0.05, 0) is 38.0 Å². The summed E-state index contributed by atoms with van der Waals surface area (Å²) in [5.74, 6) is -0.574. The number of rotatable bonds is 4. The molecule has 0 unspecified atom stereocenters. The van der Waals surface area contributed by atoms with Crippen LogP contribution in [0, 0.1) is 0 Å². The summed E-state index contributed by atoms with van der Waals surface area (Å²) in [6.07, 6.45) is 1.45. The standard InChI is InChI=1S/C22H27Cl2N3O3/c1-5-30-21(29)17-13-18(22(2,3)4)27(25-17)14-9-11-26(12-10-14)20(28)19-15(23)7-6-8-16(19)24/h6-8,13-14H,5,9-12H2,1-4H3. The molecule has 1 aromatic heterocycles. The van der Waals surface area contributed by atoms with E-state index in [1.165, 1.54) is 0 Å². The van der Waals surface area contributed by atoms with Crippen molar-refractivity contribution < 1.29 is 14.3 Å². The molecule has 1 fully saturated rings. The molecule has 1 amide bonds. The van der Waals surface area contributed by atoms with E-state index in [0.29, 0.717) is 41.0 Å². The molecule has 3 rings (SSSR count). The number of halogens is 2. The Bertz CT molecular complexity index is 921. The highest BCUT2D eigenvalue weighted by atomic mass is 35.5. The zero-order chi connectivity index (χ0) is 22.1. The molecule has 30 heavy (non-hydrogen) atoms. The molecule has 0 aliphatic carbocycles. The number of nitrogens with zero attached hydrogens (tertiary/aromatic N) is 3. The predicted molar refractivity (Wildman–Crippen MR) is 118 cm³/mol. The Morgan fingerprint density at radius 3 is 2.30 bits per heavy atom. The number of aromatic nitrogens is 2. The third kappa shape index (κ3) is 4.65. The van der Waals surface area contributed by atoms with Crippen molar-refractivity contribution >= 4 is 35.1 Å². The van der Waals surface area contributed by atoms with E-state index in [0.717, 1.165) is 18.5 Å². The van der Waals surface area contributed by atoms with Crippen molar-refractivity contribution in [3.8, 4) is 0 Å². The lowest BCUT2D eigenvalue weighted by Gasteiger charge is -2.34. The van der Waals surface area contributed by atoms with Crippen molar-refractivity contribution in [1.82, 2.24) is 14.7 Å². The maximum atomic E-state index is 12.9. The van der Waals surface area contributed by atoms with Crippen LogP contribution in [0.4, 0.5) is 0 Å². The zero-order valence-corrected chi connectivity index (χ0v) is 19.3. The molecule has 1 aliphatic rings. The Balaban J connectivity index is 1.79. The van der Waals surface area contributed by atoms with Crippen molar-refractivity contribution in [2.45, 2.75) is 52.0 Å². The Labute approximate surface area is 187 Å². The topological polar surface area (TPSA) is 64.4 Å². The second kappa shape index (κ2) is 8.98. The Hall–Kier alpha value is -2.05. The van der Waals surface area contributed by atoms with E-state index < -0.39 is 5.97 Å². The summed E-state index contributed by atoms with van der Waals surface area (Å²) in [4.78, 5) is 26.9. The van der Waals surface area contributed by atoms with Crippen LogP contribution < -0.4 is 0 Å². The average Bonchev–Trinajstić information content (AvgIpc) is 3.14. The van der Waals surface area contributed by atoms with Gasteiger partial charge in [-0.3, -0.25) is 9.48 Å². The SMILES string of the molecule is CCOC(=O)c1cc(C(C)(C)C)n(C2CCN(C(=O)c3c(Cl)cccc3Cl)CC2)n1. The minimum Gasteiger partial charge on any atom is -0.461 e. The van der Waals surface area contributed by atoms with E-state index in [1.807, 2.05) is 10.7 Å². The fourth-order valence-electron chi connectivity index (χ4n) is 3.71. The fourth-order valence-corrected chi connectivity index (χ4v) is 4.27. The van der Waals surface area contributed by atoms with Gasteiger partial charge in [0.1, 0.15) is 0 Å². The minimum absolute atomic E-state index is 0.0909. The van der Waals surface area contributed by atoms with Crippen molar-refractivity contribution in [2.24, 2.45) is 0 Å². The lowest BCUT2D eigenvalue weighted by molar-refractivity contribution is 0.0517. The summed E-state index contributed by atoms with van der Waals surface area (Å²) in [5, 5.41) is 5.29. The van der Waals surface area contributed by atoms with Crippen LogP contribution in [0.1, 0.15) is 73.1 Å². The second-order valence-electron chi connectivity index (χ2n) is 8.45. The molecule has 2 heterocycles. The van der Waals surface area contributed by atoms with E-state index in [4.69, 9.17) is 27.9 Å². The third-order valence-corrected chi connectivity index (χ3v) is 5.89. The van der Waals surface area contributed by atoms with E-state index in [-0.39, 0.29) is 17.4 Å². The fraction of sp³-hybridized carbons (Fsp3) is 0.500. The Morgan fingerprint density at radius 1 is 1.17 bits per heavy atom. The number of hydrogen-bond donors (Lipinski definition) is 0. The number of carbonyl (C=O) groups is 2. The van der Waals surface area contributed by atoms with Crippen LogP contribution in [-0.2, 0) is 10.2 Å². The number of hydrogen-bond acceptors (Lipinski definition) is 4. The maximum Gasteiger partial charge on any atom is 0.358 e. The summed E-state index contributed by atoms with van der Waals surface area (Å²) in [5.41, 5.74) is 1.46. The van der Waals surface area contributed by atoms with Gasteiger partial charge >= 0.3 is 5.97 Å². The average molecular weight is 452 g/mol. The van der Waals surface area contributed by atoms with Crippen LogP contribution in [0.3, 0.4) is 0 Å². The molecule has 0 radical (unpaired) electrons. The molecule has 0 bridgehead atoms. The molecule has 8 heteroatoms. The van der Waals surface area contributed by atoms with Crippen LogP contribution >= 0.6 is 23.2 Å². The molecule has 0 spiro atoms. The zero-order valence-electron chi connectivity index (χ0n) is 17.7. The number of piperidine rings is 1. The number of amides is 1. The molecule has 2 aromatic rings. The molecule has 6 nitrogen and oxygen atoms in total. The quantitative estimate of drug-likeness (QED) is 0.603. The van der Waals surface area contributed by atoms with Crippen molar-refractivity contribution in [3.63, 3.8) is 0 Å². The van der Waals surface area contributed by atoms with Gasteiger partial charge < -0.3 is 9.64 Å². The van der Waals surface area contributed by atoms with Gasteiger partial charge in [0.15, 0.2) is 5.69 Å². The lowest BCUT2D eigenvalue weighted by atomic mass is 9.91. The molecule has 0 atom stereocenters. The van der Waals surface area contributed by atoms with Gasteiger partial charge in [-0.15, -0.1) is 0 Å².